The number of carbonyl (C=O) groups is 2. The molecule has 8 heteroatoms. The molecule has 0 saturated heterocycles. The van der Waals surface area contributed by atoms with E-state index in [1.165, 1.54) is 14.0 Å². The number of benzene rings is 1. The summed E-state index contributed by atoms with van der Waals surface area (Å²) < 4.78 is 45.4. The molecule has 2 N–H and O–H groups in total. The lowest BCUT2D eigenvalue weighted by molar-refractivity contribution is -0.136. The van der Waals surface area contributed by atoms with E-state index in [0.29, 0.717) is 5.56 Å². The van der Waals surface area contributed by atoms with Crippen molar-refractivity contribution in [2.24, 2.45) is 0 Å². The Morgan fingerprint density at radius 2 is 1.96 bits per heavy atom. The van der Waals surface area contributed by atoms with Gasteiger partial charge in [0.15, 0.2) is 5.83 Å². The number of carbonyl (C=O) groups excluding carboxylic acids is 1. The second kappa shape index (κ2) is 8.28. The minimum atomic E-state index is -2.45. The van der Waals surface area contributed by atoms with Gasteiger partial charge in [0.05, 0.1) is 11.3 Å². The quantitative estimate of drug-likeness (QED) is 0.532. The molecule has 0 atom stereocenters. The number of ether oxygens (including phenoxy) is 1. The van der Waals surface area contributed by atoms with E-state index in [0.717, 1.165) is 5.57 Å². The highest BCUT2D eigenvalue weighted by molar-refractivity contribution is 6.02. The second-order valence-electron chi connectivity index (χ2n) is 6.26. The molecule has 1 aromatic rings. The molecule has 0 aliphatic carbocycles. The fourth-order valence-electron chi connectivity index (χ4n) is 3.16. The first kappa shape index (κ1) is 20.5. The maximum Gasteiger partial charge on any atom is 0.341 e. The van der Waals surface area contributed by atoms with Crippen LogP contribution in [0.3, 0.4) is 0 Å². The van der Waals surface area contributed by atoms with Gasteiger partial charge in [-0.2, -0.15) is 8.78 Å². The number of carboxylic acid groups (broad SMARTS) is 1. The number of esters is 1. The zero-order valence-electron chi connectivity index (χ0n) is 15.2. The summed E-state index contributed by atoms with van der Waals surface area (Å²) >= 11 is 0. The molecule has 0 amide bonds. The number of halogens is 3. The standard InChI is InChI=1S/C19H20F3NO4/c1-9(5-7-13(24)25)4-6-11-14(16(20)18(21)22)10(2)12-8-27-19(26)15(12)17(11)23-3/h4,23H,5-8H2,1-3H3,(H,24,25). The summed E-state index contributed by atoms with van der Waals surface area (Å²) in [6.07, 6.45) is -0.534. The summed E-state index contributed by atoms with van der Waals surface area (Å²) in [7, 11) is 1.51. The molecule has 0 spiro atoms. The van der Waals surface area contributed by atoms with Gasteiger partial charge in [0.2, 0.25) is 0 Å². The number of anilines is 1. The van der Waals surface area contributed by atoms with Crippen LogP contribution in [-0.2, 0) is 22.6 Å². The van der Waals surface area contributed by atoms with E-state index >= 15 is 0 Å². The van der Waals surface area contributed by atoms with Crippen LogP contribution in [0.25, 0.3) is 5.83 Å². The maximum absolute atomic E-state index is 14.3. The zero-order chi connectivity index (χ0) is 20.3. The first-order valence-electron chi connectivity index (χ1n) is 8.30. The predicted octanol–water partition coefficient (Wildman–Crippen LogP) is 4.60. The molecule has 5 nitrogen and oxygen atoms in total. The van der Waals surface area contributed by atoms with Gasteiger partial charge in [-0.05, 0) is 37.8 Å². The Labute approximate surface area is 154 Å². The molecule has 0 unspecified atom stereocenters. The van der Waals surface area contributed by atoms with E-state index in [1.807, 2.05) is 0 Å². The van der Waals surface area contributed by atoms with Crippen molar-refractivity contribution in [2.45, 2.75) is 39.7 Å². The summed E-state index contributed by atoms with van der Waals surface area (Å²) in [6.45, 7) is 3.08. The van der Waals surface area contributed by atoms with Crippen molar-refractivity contribution in [1.29, 1.82) is 0 Å². The Hall–Kier alpha value is -2.77. The zero-order valence-corrected chi connectivity index (χ0v) is 15.2. The third-order valence-electron chi connectivity index (χ3n) is 4.56. The van der Waals surface area contributed by atoms with Gasteiger partial charge in [-0.25, -0.2) is 9.18 Å². The number of aliphatic carboxylic acids is 1. The van der Waals surface area contributed by atoms with Crippen LogP contribution in [-0.4, -0.2) is 24.1 Å². The maximum atomic E-state index is 14.3. The summed E-state index contributed by atoms with van der Waals surface area (Å²) in [6, 6.07) is 0. The Balaban J connectivity index is 2.63. The third-order valence-corrected chi connectivity index (χ3v) is 4.56. The molecular formula is C19H20F3NO4. The highest BCUT2D eigenvalue weighted by Gasteiger charge is 2.32. The van der Waals surface area contributed by atoms with Crippen LogP contribution in [0.1, 0.15) is 52.4 Å². The van der Waals surface area contributed by atoms with Crippen molar-refractivity contribution in [1.82, 2.24) is 0 Å². The summed E-state index contributed by atoms with van der Waals surface area (Å²) in [4.78, 5) is 22.8. The van der Waals surface area contributed by atoms with Crippen LogP contribution < -0.4 is 5.32 Å². The number of fused-ring (bicyclic) bond motifs is 1. The lowest BCUT2D eigenvalue weighted by Crippen LogP contribution is -2.10. The number of cyclic esters (lactones) is 1. The molecule has 0 fully saturated rings. The van der Waals surface area contributed by atoms with Gasteiger partial charge in [0, 0.05) is 24.6 Å². The molecule has 0 bridgehead atoms. The van der Waals surface area contributed by atoms with E-state index in [2.05, 4.69) is 5.32 Å². The third kappa shape index (κ3) is 4.15. The molecule has 1 aromatic carbocycles. The topological polar surface area (TPSA) is 75.6 Å². The highest BCUT2D eigenvalue weighted by Crippen LogP contribution is 2.41. The molecule has 1 aliphatic heterocycles. The molecule has 1 aliphatic rings. The monoisotopic (exact) mass is 383 g/mol. The molecular weight excluding hydrogens is 363 g/mol. The van der Waals surface area contributed by atoms with Gasteiger partial charge in [-0.3, -0.25) is 4.79 Å². The Kier molecular flexibility index (Phi) is 6.30. The van der Waals surface area contributed by atoms with Gasteiger partial charge >= 0.3 is 18.0 Å². The predicted molar refractivity (Wildman–Crippen MR) is 94.4 cm³/mol. The van der Waals surface area contributed by atoms with Crippen LogP contribution in [0.2, 0.25) is 0 Å². The molecule has 27 heavy (non-hydrogen) atoms. The van der Waals surface area contributed by atoms with Crippen molar-refractivity contribution in [3.05, 3.63) is 45.5 Å². The Morgan fingerprint density at radius 3 is 2.52 bits per heavy atom. The number of carboxylic acids is 1. The van der Waals surface area contributed by atoms with Gasteiger partial charge in [-0.1, -0.05) is 11.6 Å². The lowest BCUT2D eigenvalue weighted by Gasteiger charge is -2.19. The summed E-state index contributed by atoms with van der Waals surface area (Å²) in [5.74, 6) is -3.19. The molecule has 0 aromatic heterocycles. The SMILES string of the molecule is CNc1c(CC=C(C)CCC(=O)O)c(C(F)=C(F)F)c(C)c2c1C(=O)OC2. The van der Waals surface area contributed by atoms with Crippen LogP contribution in [0.4, 0.5) is 18.9 Å². The average Bonchev–Trinajstić information content (AvgIpc) is 2.99. The smallest absolute Gasteiger partial charge is 0.341 e. The van der Waals surface area contributed by atoms with Crippen LogP contribution in [0.5, 0.6) is 0 Å². The second-order valence-corrected chi connectivity index (χ2v) is 6.26. The van der Waals surface area contributed by atoms with E-state index in [9.17, 15) is 22.8 Å². The number of nitrogens with one attached hydrogen (secondary N) is 1. The Bertz CT molecular complexity index is 855. The van der Waals surface area contributed by atoms with Crippen LogP contribution in [0.15, 0.2) is 17.7 Å². The highest BCUT2D eigenvalue weighted by atomic mass is 19.3. The van der Waals surface area contributed by atoms with Crippen LogP contribution in [0, 0.1) is 6.92 Å². The fraction of sp³-hybridized carbons (Fsp3) is 0.368. The molecule has 2 rings (SSSR count). The van der Waals surface area contributed by atoms with Crippen molar-refractivity contribution in [3.8, 4) is 0 Å². The molecule has 1 heterocycles. The van der Waals surface area contributed by atoms with Crippen molar-refractivity contribution in [3.63, 3.8) is 0 Å². The largest absolute Gasteiger partial charge is 0.481 e. The number of rotatable bonds is 7. The first-order valence-corrected chi connectivity index (χ1v) is 8.30. The molecule has 0 saturated carbocycles. The molecule has 146 valence electrons. The van der Waals surface area contributed by atoms with Gasteiger partial charge in [0.25, 0.3) is 0 Å². The summed E-state index contributed by atoms with van der Waals surface area (Å²) in [5, 5.41) is 11.6. The van der Waals surface area contributed by atoms with E-state index in [-0.39, 0.29) is 53.8 Å². The van der Waals surface area contributed by atoms with E-state index in [1.54, 1.807) is 13.0 Å². The van der Waals surface area contributed by atoms with Crippen molar-refractivity contribution < 1.29 is 32.6 Å². The van der Waals surface area contributed by atoms with Crippen molar-refractivity contribution >= 4 is 23.5 Å². The lowest BCUT2D eigenvalue weighted by atomic mass is 9.88. The molecule has 0 radical (unpaired) electrons. The van der Waals surface area contributed by atoms with Crippen molar-refractivity contribution in [2.75, 3.05) is 12.4 Å². The minimum Gasteiger partial charge on any atom is -0.481 e. The van der Waals surface area contributed by atoms with Gasteiger partial charge < -0.3 is 15.2 Å². The van der Waals surface area contributed by atoms with E-state index in [4.69, 9.17) is 9.84 Å². The van der Waals surface area contributed by atoms with Gasteiger partial charge in [0.1, 0.15) is 6.61 Å². The number of hydrogen-bond donors (Lipinski definition) is 2. The Morgan fingerprint density at radius 1 is 1.30 bits per heavy atom. The first-order chi connectivity index (χ1) is 12.7. The van der Waals surface area contributed by atoms with Crippen LogP contribution >= 0.6 is 0 Å². The summed E-state index contributed by atoms with van der Waals surface area (Å²) in [5.41, 5.74) is 1.73. The number of allylic oxidation sites excluding steroid dienone is 2. The number of hydrogen-bond acceptors (Lipinski definition) is 4. The fourth-order valence-corrected chi connectivity index (χ4v) is 3.16. The minimum absolute atomic E-state index is 0.0546. The average molecular weight is 383 g/mol. The van der Waals surface area contributed by atoms with E-state index < -0.39 is 23.8 Å². The normalized spacial score (nSPS) is 13.3. The van der Waals surface area contributed by atoms with Gasteiger partial charge in [-0.15, -0.1) is 0 Å².